The van der Waals surface area contributed by atoms with Crippen LogP contribution in [0.3, 0.4) is 0 Å². The molecule has 2 N–H and O–H groups in total. The average Bonchev–Trinajstić information content (AvgIpc) is 3.34. The minimum absolute atomic E-state index is 0.0694. The van der Waals surface area contributed by atoms with Crippen LogP contribution in [0.5, 0.6) is 0 Å². The van der Waals surface area contributed by atoms with E-state index in [2.05, 4.69) is 20.5 Å². The molecule has 2 fully saturated rings. The van der Waals surface area contributed by atoms with E-state index in [1.807, 2.05) is 30.3 Å². The highest BCUT2D eigenvalue weighted by molar-refractivity contribution is 6.02. The predicted molar refractivity (Wildman–Crippen MR) is 119 cm³/mol. The molecule has 2 amide bonds. The van der Waals surface area contributed by atoms with Crippen LogP contribution in [0.15, 0.2) is 42.7 Å². The lowest BCUT2D eigenvalue weighted by Gasteiger charge is -2.30. The van der Waals surface area contributed by atoms with Crippen molar-refractivity contribution < 1.29 is 9.59 Å². The van der Waals surface area contributed by atoms with Crippen molar-refractivity contribution in [3.63, 3.8) is 0 Å². The van der Waals surface area contributed by atoms with Gasteiger partial charge in [0.2, 0.25) is 5.91 Å². The summed E-state index contributed by atoms with van der Waals surface area (Å²) in [6.07, 6.45) is 11.1. The molecule has 0 radical (unpaired) electrons. The summed E-state index contributed by atoms with van der Waals surface area (Å²) < 4.78 is 0. The summed E-state index contributed by atoms with van der Waals surface area (Å²) in [5, 5.41) is 6.05. The van der Waals surface area contributed by atoms with Crippen molar-refractivity contribution in [1.29, 1.82) is 0 Å². The molecule has 0 spiro atoms. The van der Waals surface area contributed by atoms with E-state index >= 15 is 0 Å². The molecule has 0 atom stereocenters. The fourth-order valence-corrected chi connectivity index (χ4v) is 4.42. The fourth-order valence-electron chi connectivity index (χ4n) is 4.42. The van der Waals surface area contributed by atoms with Crippen LogP contribution in [0.2, 0.25) is 0 Å². The molecule has 1 saturated carbocycles. The lowest BCUT2D eigenvalue weighted by molar-refractivity contribution is -0.119. The van der Waals surface area contributed by atoms with Gasteiger partial charge < -0.3 is 15.5 Å². The topological polar surface area (TPSA) is 74.3 Å². The molecule has 4 rings (SSSR count). The van der Waals surface area contributed by atoms with Gasteiger partial charge >= 0.3 is 0 Å². The van der Waals surface area contributed by atoms with E-state index in [0.717, 1.165) is 62.9 Å². The number of nitrogens with one attached hydrogen (secondary N) is 2. The van der Waals surface area contributed by atoms with Crippen LogP contribution in [0.4, 0.5) is 11.4 Å². The summed E-state index contributed by atoms with van der Waals surface area (Å²) in [7, 11) is 0. The zero-order chi connectivity index (χ0) is 20.8. The Morgan fingerprint density at radius 2 is 1.83 bits per heavy atom. The molecule has 0 bridgehead atoms. The van der Waals surface area contributed by atoms with Crippen LogP contribution >= 0.6 is 0 Å². The molecule has 30 heavy (non-hydrogen) atoms. The van der Waals surface area contributed by atoms with Crippen LogP contribution in [0.25, 0.3) is 0 Å². The van der Waals surface area contributed by atoms with Gasteiger partial charge in [-0.15, -0.1) is 0 Å². The van der Waals surface area contributed by atoms with Crippen molar-refractivity contribution in [3.05, 3.63) is 53.9 Å². The van der Waals surface area contributed by atoms with Crippen molar-refractivity contribution >= 4 is 23.2 Å². The zero-order valence-electron chi connectivity index (χ0n) is 17.4. The number of carbonyl (C=O) groups is 2. The summed E-state index contributed by atoms with van der Waals surface area (Å²) >= 11 is 0. The molecule has 6 heteroatoms. The maximum absolute atomic E-state index is 13.1. The molecule has 1 aromatic carbocycles. The van der Waals surface area contributed by atoms with Gasteiger partial charge in [-0.25, -0.2) is 0 Å². The number of carbonyl (C=O) groups excluding carboxylic acids is 2. The number of anilines is 2. The summed E-state index contributed by atoms with van der Waals surface area (Å²) in [5.74, 6) is 0.0333. The Kier molecular flexibility index (Phi) is 6.62. The Morgan fingerprint density at radius 1 is 1.03 bits per heavy atom. The van der Waals surface area contributed by atoms with Crippen LogP contribution < -0.4 is 15.5 Å². The highest BCUT2D eigenvalue weighted by atomic mass is 16.2. The number of benzene rings is 1. The van der Waals surface area contributed by atoms with Gasteiger partial charge in [-0.1, -0.05) is 18.9 Å². The number of aromatic nitrogens is 1. The van der Waals surface area contributed by atoms with Gasteiger partial charge in [0.25, 0.3) is 5.91 Å². The molecular formula is C24H30N4O2. The monoisotopic (exact) mass is 406 g/mol. The van der Waals surface area contributed by atoms with E-state index in [9.17, 15) is 9.59 Å². The van der Waals surface area contributed by atoms with Crippen LogP contribution in [0, 0.1) is 5.92 Å². The van der Waals surface area contributed by atoms with Gasteiger partial charge in [-0.05, 0) is 61.9 Å². The average molecular weight is 407 g/mol. The Labute approximate surface area is 178 Å². The normalized spacial score (nSPS) is 17.0. The molecule has 0 unspecified atom stereocenters. The van der Waals surface area contributed by atoms with E-state index in [1.165, 1.54) is 6.42 Å². The first-order valence-electron chi connectivity index (χ1n) is 11.1. The number of rotatable bonds is 6. The number of hydrogen-bond acceptors (Lipinski definition) is 4. The summed E-state index contributed by atoms with van der Waals surface area (Å²) in [4.78, 5) is 32.1. The molecule has 1 aliphatic carbocycles. The van der Waals surface area contributed by atoms with E-state index in [0.29, 0.717) is 17.8 Å². The number of pyridine rings is 1. The molecule has 6 nitrogen and oxygen atoms in total. The first-order chi connectivity index (χ1) is 14.7. The van der Waals surface area contributed by atoms with Gasteiger partial charge in [0.05, 0.1) is 5.56 Å². The SMILES string of the molecule is O=C(NCc1cccnc1)c1cc(NC(=O)C2CCCC2)ccc1N1CCCCC1. The van der Waals surface area contributed by atoms with Crippen LogP contribution in [-0.4, -0.2) is 29.9 Å². The highest BCUT2D eigenvalue weighted by Crippen LogP contribution is 2.29. The summed E-state index contributed by atoms with van der Waals surface area (Å²) in [6.45, 7) is 2.33. The van der Waals surface area contributed by atoms with Crippen molar-refractivity contribution in [2.75, 3.05) is 23.3 Å². The second-order valence-corrected chi connectivity index (χ2v) is 8.29. The lowest BCUT2D eigenvalue weighted by atomic mass is 10.0. The molecule has 2 aliphatic rings. The third kappa shape index (κ3) is 4.99. The van der Waals surface area contributed by atoms with Crippen molar-refractivity contribution in [2.45, 2.75) is 51.5 Å². The van der Waals surface area contributed by atoms with Crippen molar-refractivity contribution in [1.82, 2.24) is 10.3 Å². The largest absolute Gasteiger partial charge is 0.371 e. The standard InChI is InChI=1S/C24H30N4O2/c29-23(19-8-2-3-9-19)27-20-10-11-22(28-13-4-1-5-14-28)21(15-20)24(30)26-17-18-7-6-12-25-16-18/h6-7,10-12,15-16,19H,1-5,8-9,13-14,17H2,(H,26,30)(H,27,29). The second kappa shape index (κ2) is 9.74. The van der Waals surface area contributed by atoms with Crippen molar-refractivity contribution in [2.24, 2.45) is 5.92 Å². The molecule has 1 saturated heterocycles. The Morgan fingerprint density at radius 3 is 2.57 bits per heavy atom. The van der Waals surface area contributed by atoms with Gasteiger partial charge in [0, 0.05) is 49.3 Å². The minimum Gasteiger partial charge on any atom is -0.371 e. The van der Waals surface area contributed by atoms with Gasteiger partial charge in [0.15, 0.2) is 0 Å². The van der Waals surface area contributed by atoms with E-state index in [4.69, 9.17) is 0 Å². The van der Waals surface area contributed by atoms with Crippen molar-refractivity contribution in [3.8, 4) is 0 Å². The predicted octanol–water partition coefficient (Wildman–Crippen LogP) is 4.13. The van der Waals surface area contributed by atoms with Gasteiger partial charge in [0.1, 0.15) is 0 Å². The molecule has 2 aromatic rings. The summed E-state index contributed by atoms with van der Waals surface area (Å²) in [6, 6.07) is 9.54. The lowest BCUT2D eigenvalue weighted by Crippen LogP contribution is -2.33. The quantitative estimate of drug-likeness (QED) is 0.756. The molecular weight excluding hydrogens is 376 g/mol. The third-order valence-electron chi connectivity index (χ3n) is 6.11. The smallest absolute Gasteiger partial charge is 0.253 e. The second-order valence-electron chi connectivity index (χ2n) is 8.29. The van der Waals surface area contributed by atoms with Crippen LogP contribution in [0.1, 0.15) is 60.9 Å². The third-order valence-corrected chi connectivity index (χ3v) is 6.11. The first kappa shape index (κ1) is 20.4. The first-order valence-corrected chi connectivity index (χ1v) is 11.1. The maximum Gasteiger partial charge on any atom is 0.253 e. The zero-order valence-corrected chi connectivity index (χ0v) is 17.4. The molecule has 1 aromatic heterocycles. The number of hydrogen-bond donors (Lipinski definition) is 2. The summed E-state index contributed by atoms with van der Waals surface area (Å²) in [5.41, 5.74) is 3.21. The van der Waals surface area contributed by atoms with E-state index in [1.54, 1.807) is 12.4 Å². The number of amides is 2. The Balaban J connectivity index is 1.53. The minimum atomic E-state index is -0.128. The highest BCUT2D eigenvalue weighted by Gasteiger charge is 2.24. The molecule has 2 heterocycles. The van der Waals surface area contributed by atoms with Crippen LogP contribution in [-0.2, 0) is 11.3 Å². The van der Waals surface area contributed by atoms with Gasteiger partial charge in [-0.3, -0.25) is 14.6 Å². The Hall–Kier alpha value is -2.89. The van der Waals surface area contributed by atoms with E-state index in [-0.39, 0.29) is 17.7 Å². The number of piperidine rings is 1. The van der Waals surface area contributed by atoms with Gasteiger partial charge in [-0.2, -0.15) is 0 Å². The Bertz CT molecular complexity index is 872. The molecule has 1 aliphatic heterocycles. The molecule has 158 valence electrons. The fraction of sp³-hybridized carbons (Fsp3) is 0.458. The van der Waals surface area contributed by atoms with E-state index < -0.39 is 0 Å². The maximum atomic E-state index is 13.1. The number of nitrogens with zero attached hydrogens (tertiary/aromatic N) is 2.